The molecule has 0 radical (unpaired) electrons. The average molecular weight is 767 g/mol. The maximum Gasteiger partial charge on any atom is 0.335 e. The molecule has 4 rings (SSSR count). The Morgan fingerprint density at radius 1 is 0.643 bits per heavy atom. The first-order valence-corrected chi connectivity index (χ1v) is 17.4. The lowest BCUT2D eigenvalue weighted by Crippen LogP contribution is -2.40. The fraction of sp³-hybridized carbons (Fsp3) is 0.341. The van der Waals surface area contributed by atoms with Crippen molar-refractivity contribution in [2.75, 3.05) is 13.1 Å². The van der Waals surface area contributed by atoms with Crippen LogP contribution in [0.3, 0.4) is 0 Å². The van der Waals surface area contributed by atoms with E-state index < -0.39 is 18.2 Å². The summed E-state index contributed by atoms with van der Waals surface area (Å²) in [5.74, 6) is -1.16. The first-order valence-electron chi connectivity index (χ1n) is 17.4. The highest BCUT2D eigenvalue weighted by Gasteiger charge is 2.30. The van der Waals surface area contributed by atoms with Gasteiger partial charge in [0.05, 0.1) is 45.6 Å². The third-order valence-electron chi connectivity index (χ3n) is 7.58. The maximum atomic E-state index is 11.6. The summed E-state index contributed by atoms with van der Waals surface area (Å²) in [5.41, 5.74) is 22.4. The highest BCUT2D eigenvalue weighted by atomic mass is 16.6. The summed E-state index contributed by atoms with van der Waals surface area (Å²) < 4.78 is 23.0. The molecule has 0 fully saturated rings. The number of rotatable bonds is 20. The molecule has 0 aromatic heterocycles. The number of carbonyl (C=O) groups is 1. The third kappa shape index (κ3) is 21.9. The fourth-order valence-electron chi connectivity index (χ4n) is 4.47. The molecule has 0 saturated carbocycles. The van der Waals surface area contributed by atoms with Crippen LogP contribution in [-0.2, 0) is 50.2 Å². The van der Waals surface area contributed by atoms with E-state index >= 15 is 0 Å². The molecule has 56 heavy (non-hydrogen) atoms. The van der Waals surface area contributed by atoms with E-state index in [2.05, 4.69) is 46.6 Å². The molecule has 0 saturated heterocycles. The molecule has 12 heteroatoms. The summed E-state index contributed by atoms with van der Waals surface area (Å²) in [7, 11) is 0. The molecular weight excluding hydrogens is 709 g/mol. The number of carboxylic acid groups (broad SMARTS) is 1. The Morgan fingerprint density at radius 3 is 1.29 bits per heavy atom. The van der Waals surface area contributed by atoms with Crippen molar-refractivity contribution < 1.29 is 28.8 Å². The summed E-state index contributed by atoms with van der Waals surface area (Å²) in [6.45, 7) is 11.3. The van der Waals surface area contributed by atoms with Gasteiger partial charge in [0.25, 0.3) is 0 Å². The Labute approximate surface area is 332 Å². The first kappa shape index (κ1) is 50.3. The Kier molecular flexibility index (Phi) is 28.4. The minimum atomic E-state index is -1.24. The summed E-state index contributed by atoms with van der Waals surface area (Å²) in [4.78, 5) is 17.1. The Bertz CT molecular complexity index is 1730. The lowest BCUT2D eigenvalue weighted by Gasteiger charge is -2.24. The molecule has 0 aliphatic carbocycles. The number of ether oxygens (including phenoxy) is 4. The average Bonchev–Trinajstić information content (AvgIpc) is 3.21. The zero-order valence-electron chi connectivity index (χ0n) is 31.1. The molecule has 0 spiro atoms. The van der Waals surface area contributed by atoms with E-state index in [1.165, 1.54) is 5.57 Å². The maximum absolute atomic E-state index is 11.6. The second-order valence-corrected chi connectivity index (χ2v) is 11.9. The van der Waals surface area contributed by atoms with Crippen molar-refractivity contribution in [3.63, 3.8) is 0 Å². The largest absolute Gasteiger partial charge is 0.479 e. The minimum absolute atomic E-state index is 0. The van der Waals surface area contributed by atoms with E-state index in [9.17, 15) is 9.90 Å². The van der Waals surface area contributed by atoms with Gasteiger partial charge in [-0.25, -0.2) is 4.79 Å². The Morgan fingerprint density at radius 2 is 0.964 bits per heavy atom. The lowest BCUT2D eigenvalue weighted by molar-refractivity contribution is -0.163. The third-order valence-corrected chi connectivity index (χ3v) is 7.58. The fourth-order valence-corrected chi connectivity index (χ4v) is 4.47. The molecule has 0 aliphatic rings. The molecular formula is C44H58N6O6. The zero-order chi connectivity index (χ0) is 39.2. The predicted octanol–water partition coefficient (Wildman–Crippen LogP) is 11.5. The number of nitrogens with zero attached hydrogens (tertiary/aromatic N) is 6. The van der Waals surface area contributed by atoms with Gasteiger partial charge in [-0.3, -0.25) is 0 Å². The number of allylic oxidation sites excluding steroid dienone is 2. The molecule has 0 unspecified atom stereocenters. The molecule has 12 nitrogen and oxygen atoms in total. The normalized spacial score (nSPS) is 11.8. The predicted molar refractivity (Wildman–Crippen MR) is 225 cm³/mol. The summed E-state index contributed by atoms with van der Waals surface area (Å²) in [5, 5.41) is 16.6. The Balaban J connectivity index is 0.000000934. The number of benzene rings is 4. The number of hydrogen-bond donors (Lipinski definition) is 1. The van der Waals surface area contributed by atoms with Crippen molar-refractivity contribution in [1.82, 2.24) is 0 Å². The monoisotopic (exact) mass is 766 g/mol. The van der Waals surface area contributed by atoms with Crippen molar-refractivity contribution >= 4 is 5.97 Å². The molecule has 0 aliphatic heterocycles. The molecule has 4 atom stereocenters. The van der Waals surface area contributed by atoms with Crippen LogP contribution in [-0.4, -0.2) is 48.6 Å². The number of carboxylic acids is 1. The van der Waals surface area contributed by atoms with Crippen LogP contribution < -0.4 is 0 Å². The van der Waals surface area contributed by atoms with E-state index in [4.69, 9.17) is 30.0 Å². The molecule has 4 aromatic carbocycles. The molecule has 0 bridgehead atoms. The van der Waals surface area contributed by atoms with Gasteiger partial charge in [0.1, 0.15) is 12.2 Å². The number of aliphatic carboxylic acids is 1. The van der Waals surface area contributed by atoms with Crippen LogP contribution in [0.2, 0.25) is 0 Å². The van der Waals surface area contributed by atoms with Crippen LogP contribution in [0, 0.1) is 0 Å². The summed E-state index contributed by atoms with van der Waals surface area (Å²) in [6, 6.07) is 38.3. The van der Waals surface area contributed by atoms with E-state index in [1.807, 2.05) is 128 Å². The SMILES string of the molecule is C.C.C=C[C@@H](OCc1ccccc1)[C@H](CN=[N+]=[N-])OCc1ccccc1.CC=C(C)C.[N-]=[N+]=NC[C@H](OCc1ccccc1)[C@H](OCc1ccccc1)C(=O)O. The van der Waals surface area contributed by atoms with Gasteiger partial charge in [0.15, 0.2) is 6.10 Å². The second-order valence-electron chi connectivity index (χ2n) is 11.9. The molecule has 4 aromatic rings. The van der Waals surface area contributed by atoms with Gasteiger partial charge >= 0.3 is 5.97 Å². The first-order chi connectivity index (χ1) is 26.3. The molecule has 0 heterocycles. The van der Waals surface area contributed by atoms with Crippen LogP contribution in [0.5, 0.6) is 0 Å². The highest BCUT2D eigenvalue weighted by Crippen LogP contribution is 2.15. The van der Waals surface area contributed by atoms with Gasteiger partial charge in [-0.05, 0) is 54.1 Å². The Hall–Kier alpha value is -5.71. The standard InChI is InChI=1S/C19H21N3O2.C18H19N3O4.C5H10.2CH4/c1-2-18(23-14-16-9-5-3-6-10-16)19(13-21-22-20)24-15-17-11-7-4-8-12-17;19-21-20-11-16(24-12-14-7-3-1-4-8-14)17(18(22)23)25-13-15-9-5-2-6-10-15;1-4-5(2)3;;/h2-12,18-19H,1,13-15H2;1-10,16-17H,11-13H2,(H,22,23);4H,1-3H3;2*1H4/t18-,19+;16-,17-;;;/m10.../s1. The van der Waals surface area contributed by atoms with Crippen LogP contribution >= 0.6 is 0 Å². The van der Waals surface area contributed by atoms with E-state index in [1.54, 1.807) is 6.08 Å². The highest BCUT2D eigenvalue weighted by molar-refractivity contribution is 5.73. The lowest BCUT2D eigenvalue weighted by atomic mass is 10.2. The number of azide groups is 2. The van der Waals surface area contributed by atoms with Gasteiger partial charge in [0, 0.05) is 9.82 Å². The van der Waals surface area contributed by atoms with Gasteiger partial charge in [-0.15, -0.1) is 6.58 Å². The smallest absolute Gasteiger partial charge is 0.335 e. The van der Waals surface area contributed by atoms with E-state index in [-0.39, 0.29) is 53.4 Å². The van der Waals surface area contributed by atoms with Crippen LogP contribution in [0.15, 0.2) is 156 Å². The summed E-state index contributed by atoms with van der Waals surface area (Å²) in [6.07, 6.45) is 0.888. The zero-order valence-corrected chi connectivity index (χ0v) is 31.1. The quantitative estimate of drug-likeness (QED) is 0.0406. The van der Waals surface area contributed by atoms with Gasteiger partial charge in [0.2, 0.25) is 0 Å². The minimum Gasteiger partial charge on any atom is -0.479 e. The topological polar surface area (TPSA) is 172 Å². The number of hydrogen-bond acceptors (Lipinski definition) is 7. The van der Waals surface area contributed by atoms with Crippen molar-refractivity contribution in [2.24, 2.45) is 10.2 Å². The molecule has 300 valence electrons. The van der Waals surface area contributed by atoms with Gasteiger partial charge < -0.3 is 24.1 Å². The van der Waals surface area contributed by atoms with Crippen molar-refractivity contribution in [3.05, 3.63) is 189 Å². The second kappa shape index (κ2) is 31.6. The van der Waals surface area contributed by atoms with E-state index in [0.717, 1.165) is 22.3 Å². The van der Waals surface area contributed by atoms with Crippen molar-refractivity contribution in [1.29, 1.82) is 0 Å². The van der Waals surface area contributed by atoms with Crippen molar-refractivity contribution in [3.8, 4) is 0 Å². The van der Waals surface area contributed by atoms with Crippen LogP contribution in [0.1, 0.15) is 57.9 Å². The molecule has 1 N–H and O–H groups in total. The van der Waals surface area contributed by atoms with Crippen LogP contribution in [0.25, 0.3) is 20.9 Å². The molecule has 0 amide bonds. The van der Waals surface area contributed by atoms with Gasteiger partial charge in [-0.2, -0.15) is 0 Å². The van der Waals surface area contributed by atoms with Crippen LogP contribution in [0.4, 0.5) is 0 Å². The van der Waals surface area contributed by atoms with E-state index in [0.29, 0.717) is 13.2 Å². The van der Waals surface area contributed by atoms with Gasteiger partial charge in [-0.1, -0.05) is 164 Å². The van der Waals surface area contributed by atoms with Crippen molar-refractivity contribution in [2.45, 2.75) is 86.5 Å². The summed E-state index contributed by atoms with van der Waals surface area (Å²) >= 11 is 0.